The first-order valence-corrected chi connectivity index (χ1v) is 13.2. The van der Waals surface area contributed by atoms with Gasteiger partial charge in [0.15, 0.2) is 0 Å². The van der Waals surface area contributed by atoms with E-state index in [0.717, 1.165) is 44.2 Å². The molecule has 35 heavy (non-hydrogen) atoms. The van der Waals surface area contributed by atoms with Gasteiger partial charge in [-0.3, -0.25) is 10.2 Å². The molecule has 0 aliphatic heterocycles. The van der Waals surface area contributed by atoms with Gasteiger partial charge in [-0.25, -0.2) is 0 Å². The van der Waals surface area contributed by atoms with Crippen LogP contribution in [0.3, 0.4) is 0 Å². The molecule has 1 aromatic carbocycles. The van der Waals surface area contributed by atoms with E-state index in [1.165, 1.54) is 12.5 Å². The highest BCUT2D eigenvalue weighted by atomic mass is 16.6. The van der Waals surface area contributed by atoms with Gasteiger partial charge in [0.2, 0.25) is 0 Å². The minimum Gasteiger partial charge on any atom is -0.459 e. The quantitative estimate of drug-likeness (QED) is 0.242. The molecule has 3 N–H and O–H groups in total. The van der Waals surface area contributed by atoms with Crippen molar-refractivity contribution in [2.24, 2.45) is 33.7 Å². The van der Waals surface area contributed by atoms with Crippen molar-refractivity contribution >= 4 is 17.4 Å². The van der Waals surface area contributed by atoms with Crippen LogP contribution in [0.1, 0.15) is 72.6 Å². The summed E-state index contributed by atoms with van der Waals surface area (Å²) in [6.07, 6.45) is 7.69. The largest absolute Gasteiger partial charge is 0.459 e. The molecule has 0 saturated heterocycles. The van der Waals surface area contributed by atoms with E-state index < -0.39 is 17.1 Å². The number of hydrazone groups is 1. The van der Waals surface area contributed by atoms with Crippen LogP contribution >= 0.6 is 0 Å². The first-order chi connectivity index (χ1) is 16.6. The van der Waals surface area contributed by atoms with Crippen LogP contribution in [0.2, 0.25) is 0 Å². The zero-order valence-corrected chi connectivity index (χ0v) is 21.5. The molecule has 8 atom stereocenters. The zero-order chi connectivity index (χ0) is 25.0. The van der Waals surface area contributed by atoms with E-state index in [4.69, 9.17) is 4.74 Å². The van der Waals surface area contributed by atoms with Crippen LogP contribution in [0.25, 0.3) is 0 Å². The molecular formula is C29H40N2O4. The number of anilines is 1. The van der Waals surface area contributed by atoms with E-state index in [9.17, 15) is 15.0 Å². The number of rotatable bonds is 4. The molecule has 0 bridgehead atoms. The molecule has 1 aromatic rings. The topological polar surface area (TPSA) is 91.2 Å². The molecule has 6 heteroatoms. The summed E-state index contributed by atoms with van der Waals surface area (Å²) >= 11 is 0. The fraction of sp³-hybridized carbons (Fsp3) is 0.655. The standard InChI is InChI=1S/C29H40N2O4/c1-18(30-31-21-8-6-5-7-9-21)29(34)26(35-19(2)32)17-25-23-11-10-20-16-22(33)12-14-27(20,3)24(23)13-15-28(25,29)4/h5-10,22-26,31,33-34H,11-17H2,1-4H3/b30-18+/t22?,23-,24+,25+,26-,27+,28+,29-/m1/s1. The Morgan fingerprint density at radius 3 is 2.57 bits per heavy atom. The molecule has 3 fully saturated rings. The molecule has 3 saturated carbocycles. The van der Waals surface area contributed by atoms with E-state index in [1.807, 2.05) is 37.3 Å². The number of benzene rings is 1. The van der Waals surface area contributed by atoms with E-state index >= 15 is 0 Å². The predicted molar refractivity (Wildman–Crippen MR) is 137 cm³/mol. The third kappa shape index (κ3) is 3.75. The molecule has 0 radical (unpaired) electrons. The van der Waals surface area contributed by atoms with Crippen LogP contribution in [-0.2, 0) is 9.53 Å². The average Bonchev–Trinajstić information content (AvgIpc) is 3.06. The molecule has 5 rings (SSSR count). The van der Waals surface area contributed by atoms with Gasteiger partial charge in [-0.05, 0) is 87.2 Å². The molecule has 1 unspecified atom stereocenters. The number of fused-ring (bicyclic) bond motifs is 5. The van der Waals surface area contributed by atoms with Gasteiger partial charge in [0.1, 0.15) is 11.7 Å². The Hall–Kier alpha value is -2.18. The summed E-state index contributed by atoms with van der Waals surface area (Å²) in [5.74, 6) is 0.793. The summed E-state index contributed by atoms with van der Waals surface area (Å²) in [7, 11) is 0. The molecule has 6 nitrogen and oxygen atoms in total. The summed E-state index contributed by atoms with van der Waals surface area (Å²) < 4.78 is 5.84. The Kier molecular flexibility index (Phi) is 6.12. The number of para-hydroxylation sites is 1. The predicted octanol–water partition coefficient (Wildman–Crippen LogP) is 5.07. The number of esters is 1. The number of allylic oxidation sites excluding steroid dienone is 1. The molecular weight excluding hydrogens is 440 g/mol. The van der Waals surface area contributed by atoms with E-state index in [2.05, 4.69) is 30.5 Å². The number of nitrogens with zero attached hydrogens (tertiary/aromatic N) is 1. The van der Waals surface area contributed by atoms with Crippen LogP contribution < -0.4 is 5.43 Å². The Morgan fingerprint density at radius 1 is 1.11 bits per heavy atom. The lowest BCUT2D eigenvalue weighted by Crippen LogP contribution is -2.60. The van der Waals surface area contributed by atoms with Crippen molar-refractivity contribution in [2.75, 3.05) is 5.43 Å². The van der Waals surface area contributed by atoms with Crippen LogP contribution in [0.4, 0.5) is 5.69 Å². The van der Waals surface area contributed by atoms with Gasteiger partial charge in [-0.2, -0.15) is 5.10 Å². The SMILES string of the molecule is CC(=O)O[C@@H]1C[C@H]2[C@@H]3CC=C4CC(O)CC[C@]4(C)[C@H]3CC[C@]2(C)[C@@]1(O)/C(C)=N/Nc1ccccc1. The average molecular weight is 481 g/mol. The minimum absolute atomic E-state index is 0.110. The Labute approximate surface area is 208 Å². The van der Waals surface area contributed by atoms with Gasteiger partial charge in [0.05, 0.1) is 17.5 Å². The summed E-state index contributed by atoms with van der Waals surface area (Å²) in [4.78, 5) is 12.1. The molecule has 190 valence electrons. The molecule has 0 aromatic heterocycles. The number of hydrogen-bond donors (Lipinski definition) is 3. The fourth-order valence-electron chi connectivity index (χ4n) is 8.37. The Morgan fingerprint density at radius 2 is 1.86 bits per heavy atom. The summed E-state index contributed by atoms with van der Waals surface area (Å²) in [6, 6.07) is 9.69. The van der Waals surface area contributed by atoms with E-state index in [-0.39, 0.29) is 23.4 Å². The number of aliphatic hydroxyl groups is 2. The van der Waals surface area contributed by atoms with Crippen LogP contribution in [0.15, 0.2) is 47.1 Å². The zero-order valence-electron chi connectivity index (χ0n) is 21.5. The third-order valence-electron chi connectivity index (χ3n) is 10.3. The van der Waals surface area contributed by atoms with Gasteiger partial charge in [0, 0.05) is 12.3 Å². The van der Waals surface area contributed by atoms with Crippen LogP contribution in [0.5, 0.6) is 0 Å². The van der Waals surface area contributed by atoms with Gasteiger partial charge in [-0.15, -0.1) is 0 Å². The molecule has 4 aliphatic carbocycles. The second-order valence-corrected chi connectivity index (χ2v) is 11.9. The summed E-state index contributed by atoms with van der Waals surface area (Å²) in [5, 5.41) is 27.3. The summed E-state index contributed by atoms with van der Waals surface area (Å²) in [6.45, 7) is 7.86. The molecule has 0 amide bonds. The monoisotopic (exact) mass is 480 g/mol. The van der Waals surface area contributed by atoms with Gasteiger partial charge in [0.25, 0.3) is 0 Å². The highest BCUT2D eigenvalue weighted by Gasteiger charge is 2.69. The van der Waals surface area contributed by atoms with Crippen molar-refractivity contribution in [1.82, 2.24) is 0 Å². The Bertz CT molecular complexity index is 1040. The third-order valence-corrected chi connectivity index (χ3v) is 10.3. The second-order valence-electron chi connectivity index (χ2n) is 11.9. The van der Waals surface area contributed by atoms with Crippen LogP contribution in [-0.4, -0.2) is 39.7 Å². The Balaban J connectivity index is 1.50. The van der Waals surface area contributed by atoms with Gasteiger partial charge < -0.3 is 14.9 Å². The van der Waals surface area contributed by atoms with Crippen molar-refractivity contribution < 1.29 is 19.7 Å². The number of carbonyl (C=O) groups is 1. The maximum Gasteiger partial charge on any atom is 0.303 e. The van der Waals surface area contributed by atoms with Crippen molar-refractivity contribution in [3.05, 3.63) is 42.0 Å². The lowest BCUT2D eigenvalue weighted by atomic mass is 9.46. The highest BCUT2D eigenvalue weighted by Crippen LogP contribution is 2.67. The van der Waals surface area contributed by atoms with Crippen molar-refractivity contribution in [1.29, 1.82) is 0 Å². The van der Waals surface area contributed by atoms with Crippen LogP contribution in [0, 0.1) is 28.6 Å². The lowest BCUT2D eigenvalue weighted by Gasteiger charge is -2.58. The number of ether oxygens (including phenoxy) is 1. The molecule has 0 heterocycles. The maximum atomic E-state index is 12.4. The van der Waals surface area contributed by atoms with E-state index in [1.54, 1.807) is 0 Å². The number of carbonyl (C=O) groups excluding carboxylic acids is 1. The number of nitrogens with one attached hydrogen (secondary N) is 1. The van der Waals surface area contributed by atoms with Crippen molar-refractivity contribution in [3.63, 3.8) is 0 Å². The lowest BCUT2D eigenvalue weighted by molar-refractivity contribution is -0.161. The smallest absolute Gasteiger partial charge is 0.303 e. The summed E-state index contributed by atoms with van der Waals surface area (Å²) in [5.41, 5.74) is 4.25. The fourth-order valence-corrected chi connectivity index (χ4v) is 8.37. The normalized spacial score (nSPS) is 42.9. The van der Waals surface area contributed by atoms with Crippen molar-refractivity contribution in [3.8, 4) is 0 Å². The van der Waals surface area contributed by atoms with Gasteiger partial charge >= 0.3 is 5.97 Å². The van der Waals surface area contributed by atoms with Gasteiger partial charge in [-0.1, -0.05) is 43.7 Å². The minimum atomic E-state index is -1.34. The maximum absolute atomic E-state index is 12.4. The molecule has 4 aliphatic rings. The molecule has 0 spiro atoms. The first kappa shape index (κ1) is 24.5. The first-order valence-electron chi connectivity index (χ1n) is 13.2. The van der Waals surface area contributed by atoms with Crippen molar-refractivity contribution in [2.45, 2.75) is 90.4 Å². The number of hydrogen-bond acceptors (Lipinski definition) is 6. The highest BCUT2D eigenvalue weighted by molar-refractivity contribution is 5.93. The number of aliphatic hydroxyl groups excluding tert-OH is 1. The second kappa shape index (κ2) is 8.74. The van der Waals surface area contributed by atoms with E-state index in [0.29, 0.717) is 24.0 Å².